The number of aromatic nitrogens is 3. The molecule has 0 aromatic carbocycles. The van der Waals surface area contributed by atoms with Crippen LogP contribution < -0.4 is 10.8 Å². The Kier molecular flexibility index (Phi) is 12.8. The Balaban J connectivity index is 1.79. The first-order chi connectivity index (χ1) is 20.5. The number of nitrogens with two attached hydrogens (primary N) is 1. The van der Waals surface area contributed by atoms with Crippen LogP contribution in [-0.2, 0) is 47.2 Å². The highest BCUT2D eigenvalue weighted by Crippen LogP contribution is 2.36. The van der Waals surface area contributed by atoms with Crippen molar-refractivity contribution in [1.82, 2.24) is 19.7 Å². The highest BCUT2D eigenvalue weighted by atomic mass is 31.1. The molecule has 1 fully saturated rings. The summed E-state index contributed by atoms with van der Waals surface area (Å²) < 4.78 is 47.9. The molecular formula is C27H41N5O10P+. The van der Waals surface area contributed by atoms with Crippen LogP contribution in [-0.4, -0.2) is 83.8 Å². The molecule has 3 heterocycles. The zero-order valence-electron chi connectivity index (χ0n) is 25.1. The Morgan fingerprint density at radius 2 is 1.86 bits per heavy atom. The number of methoxy groups -OCH3 is 1. The van der Waals surface area contributed by atoms with E-state index in [2.05, 4.69) is 15.2 Å². The van der Waals surface area contributed by atoms with Crippen LogP contribution in [0.5, 0.6) is 0 Å². The number of hydrogen-bond donors (Lipinski definition) is 2. The molecule has 43 heavy (non-hydrogen) atoms. The van der Waals surface area contributed by atoms with Crippen molar-refractivity contribution in [3.63, 3.8) is 0 Å². The predicted molar refractivity (Wildman–Crippen MR) is 153 cm³/mol. The Bertz CT molecular complexity index is 1270. The molecule has 1 unspecified atom stereocenters. The van der Waals surface area contributed by atoms with Crippen molar-refractivity contribution in [3.8, 4) is 0 Å². The summed E-state index contributed by atoms with van der Waals surface area (Å²) in [6.07, 6.45) is 0.364. The van der Waals surface area contributed by atoms with Crippen LogP contribution in [0.25, 0.3) is 5.52 Å². The van der Waals surface area contributed by atoms with Crippen molar-refractivity contribution >= 4 is 37.4 Å². The normalized spacial score (nSPS) is 17.8. The highest BCUT2D eigenvalue weighted by molar-refractivity contribution is 7.36. The third-order valence-corrected chi connectivity index (χ3v) is 8.12. The van der Waals surface area contributed by atoms with E-state index in [-0.39, 0.29) is 31.2 Å². The van der Waals surface area contributed by atoms with Crippen LogP contribution in [0.2, 0.25) is 0 Å². The van der Waals surface area contributed by atoms with Crippen LogP contribution in [0.15, 0.2) is 18.5 Å². The van der Waals surface area contributed by atoms with Crippen molar-refractivity contribution in [2.45, 2.75) is 77.2 Å². The van der Waals surface area contributed by atoms with E-state index in [1.807, 2.05) is 0 Å². The maximum absolute atomic E-state index is 12.9. The number of anilines is 1. The summed E-state index contributed by atoms with van der Waals surface area (Å²) >= 11 is 0. The fourth-order valence-corrected chi connectivity index (χ4v) is 5.22. The summed E-state index contributed by atoms with van der Waals surface area (Å²) in [4.78, 5) is 41.7. The Morgan fingerprint density at radius 1 is 1.19 bits per heavy atom. The largest absolute Gasteiger partial charge is 0.613 e. The lowest BCUT2D eigenvalue weighted by atomic mass is 9.93. The van der Waals surface area contributed by atoms with Gasteiger partial charge in [-0.05, 0) is 49.3 Å². The number of fused-ring (bicyclic) bond motifs is 1. The van der Waals surface area contributed by atoms with Crippen LogP contribution >= 0.6 is 8.18 Å². The molecule has 3 N–H and O–H groups in total. The number of esters is 3. The smallest absolute Gasteiger partial charge is 0.464 e. The summed E-state index contributed by atoms with van der Waals surface area (Å²) in [5.74, 6) is -1.36. The summed E-state index contributed by atoms with van der Waals surface area (Å²) in [6.45, 7) is 7.41. The fourth-order valence-electron chi connectivity index (χ4n) is 4.35. The van der Waals surface area contributed by atoms with Gasteiger partial charge < -0.3 is 29.4 Å². The number of nitrogen functional groups attached to an aromatic ring is 1. The van der Waals surface area contributed by atoms with E-state index in [0.717, 1.165) is 12.8 Å². The molecule has 1 aliphatic rings. The molecule has 0 saturated carbocycles. The predicted octanol–water partition coefficient (Wildman–Crippen LogP) is 2.65. The molecule has 16 heteroatoms. The monoisotopic (exact) mass is 626 g/mol. The third-order valence-electron chi connectivity index (χ3n) is 7.16. The van der Waals surface area contributed by atoms with E-state index < -0.39 is 56.5 Å². The fraction of sp³-hybridized carbons (Fsp3) is 0.667. The molecule has 0 aliphatic carbocycles. The summed E-state index contributed by atoms with van der Waals surface area (Å²) in [5.41, 5.74) is 5.26. The Labute approximate surface area is 251 Å². The van der Waals surface area contributed by atoms with Gasteiger partial charge in [-0.3, -0.25) is 14.4 Å². The van der Waals surface area contributed by atoms with Crippen LogP contribution in [0.4, 0.5) is 5.82 Å². The summed E-state index contributed by atoms with van der Waals surface area (Å²) in [7, 11) is -1.26. The van der Waals surface area contributed by atoms with Gasteiger partial charge in [0.25, 0.3) is 0 Å². The van der Waals surface area contributed by atoms with Gasteiger partial charge in [-0.15, -0.1) is 4.52 Å². The second-order valence-corrected chi connectivity index (χ2v) is 11.3. The average molecular weight is 627 g/mol. The van der Waals surface area contributed by atoms with Crippen molar-refractivity contribution in [2.24, 2.45) is 5.92 Å². The molecule has 2 aromatic rings. The third kappa shape index (κ3) is 9.13. The number of ether oxygens (including phenoxy) is 5. The van der Waals surface area contributed by atoms with Crippen LogP contribution in [0.1, 0.15) is 65.2 Å². The molecule has 2 aromatic heterocycles. The van der Waals surface area contributed by atoms with E-state index >= 15 is 0 Å². The minimum Gasteiger partial charge on any atom is -0.464 e. The maximum atomic E-state index is 12.9. The average Bonchev–Trinajstić information content (AvgIpc) is 3.45. The molecule has 1 aliphatic heterocycles. The van der Waals surface area contributed by atoms with Crippen molar-refractivity contribution in [3.05, 3.63) is 24.2 Å². The number of hydrogen-bond acceptors (Lipinski definition) is 13. The van der Waals surface area contributed by atoms with Gasteiger partial charge in [-0.1, -0.05) is 18.9 Å². The van der Waals surface area contributed by atoms with E-state index in [1.165, 1.54) is 24.9 Å². The van der Waals surface area contributed by atoms with Gasteiger partial charge >= 0.3 is 26.1 Å². The standard InChI is InChI=1S/C27H41N5O10P/c1-6-21(33)41-23(19-8-9-20-25(28)29-16-30-32(19)20)24(42-22(34)7-2)27(4,37-5)15-40-43(36)31-17(3)26(35)39-14-18-10-12-38-13-11-18/h8-9,16-18,23-24H,6-7,10-15H2,1-5H3,(H,31,36)(H2,28,29,30)/q+1/t17-,23-,24-,27+/m0/s1. The van der Waals surface area contributed by atoms with Crippen molar-refractivity contribution in [1.29, 1.82) is 0 Å². The zero-order valence-corrected chi connectivity index (χ0v) is 26.0. The highest BCUT2D eigenvalue weighted by Gasteiger charge is 2.49. The second kappa shape index (κ2) is 16.0. The van der Waals surface area contributed by atoms with Gasteiger partial charge in [-0.2, -0.15) is 5.10 Å². The van der Waals surface area contributed by atoms with E-state index in [0.29, 0.717) is 24.4 Å². The number of rotatable bonds is 16. The number of nitrogens with one attached hydrogen (secondary N) is 1. The van der Waals surface area contributed by atoms with Crippen molar-refractivity contribution in [2.75, 3.05) is 39.3 Å². The molecule has 0 amide bonds. The molecule has 3 rings (SSSR count). The molecular weight excluding hydrogens is 585 g/mol. The number of carbonyl (C=O) groups excluding carboxylic acids is 3. The van der Waals surface area contributed by atoms with E-state index in [1.54, 1.807) is 32.9 Å². The topological polar surface area (TPSA) is 192 Å². The van der Waals surface area contributed by atoms with Crippen molar-refractivity contribution < 1.29 is 47.2 Å². The van der Waals surface area contributed by atoms with Gasteiger partial charge in [0.1, 0.15) is 30.1 Å². The minimum atomic E-state index is -2.60. The molecule has 15 nitrogen and oxygen atoms in total. The van der Waals surface area contributed by atoms with E-state index in [9.17, 15) is 18.9 Å². The van der Waals surface area contributed by atoms with Gasteiger partial charge in [0, 0.05) is 33.2 Å². The van der Waals surface area contributed by atoms with Gasteiger partial charge in [0.2, 0.25) is 0 Å². The number of carbonyl (C=O) groups is 3. The lowest BCUT2D eigenvalue weighted by Gasteiger charge is -2.38. The first-order valence-electron chi connectivity index (χ1n) is 14.2. The van der Waals surface area contributed by atoms with Crippen LogP contribution in [0.3, 0.4) is 0 Å². The number of nitrogens with zero attached hydrogens (tertiary/aromatic N) is 3. The Hall–Kier alpha value is -3.23. The second-order valence-electron chi connectivity index (χ2n) is 10.3. The maximum Gasteiger partial charge on any atom is 0.613 e. The molecule has 1 saturated heterocycles. The summed E-state index contributed by atoms with van der Waals surface area (Å²) in [6, 6.07) is 2.33. The Morgan fingerprint density at radius 3 is 2.51 bits per heavy atom. The lowest BCUT2D eigenvalue weighted by molar-refractivity contribution is -0.200. The first-order valence-corrected chi connectivity index (χ1v) is 15.3. The van der Waals surface area contributed by atoms with Gasteiger partial charge in [0.15, 0.2) is 18.0 Å². The SMILES string of the molecule is CCC(=O)O[C@@H](c1ccc2c(N)ncnn12)[C@H](OC(=O)CC)[C@@](C)(CO[P+](=O)N[C@@H](C)C(=O)OCC1CCOCC1)OC. The molecule has 0 spiro atoms. The van der Waals surface area contributed by atoms with Crippen LogP contribution in [0, 0.1) is 5.92 Å². The molecule has 0 radical (unpaired) electrons. The molecule has 0 bridgehead atoms. The van der Waals surface area contributed by atoms with Gasteiger partial charge in [0.05, 0.1) is 12.3 Å². The first kappa shape index (κ1) is 34.3. The summed E-state index contributed by atoms with van der Waals surface area (Å²) in [5, 5.41) is 6.82. The van der Waals surface area contributed by atoms with Gasteiger partial charge in [-0.25, -0.2) is 9.50 Å². The van der Waals surface area contributed by atoms with E-state index in [4.69, 9.17) is 33.9 Å². The molecule has 238 valence electrons. The lowest BCUT2D eigenvalue weighted by Crippen LogP contribution is -2.51. The molecule has 5 atom stereocenters. The zero-order chi connectivity index (χ0) is 31.6. The minimum absolute atomic E-state index is 0.0128. The quantitative estimate of drug-likeness (QED) is 0.157.